The van der Waals surface area contributed by atoms with E-state index in [-0.39, 0.29) is 17.2 Å². The van der Waals surface area contributed by atoms with Crippen LogP contribution in [-0.2, 0) is 32.4 Å². The van der Waals surface area contributed by atoms with Gasteiger partial charge < -0.3 is 14.8 Å². The van der Waals surface area contributed by atoms with Gasteiger partial charge in [-0.1, -0.05) is 30.3 Å². The van der Waals surface area contributed by atoms with E-state index in [4.69, 9.17) is 9.47 Å². The summed E-state index contributed by atoms with van der Waals surface area (Å²) >= 11 is 0. The summed E-state index contributed by atoms with van der Waals surface area (Å²) in [6.07, 6.45) is 1.33. The molecule has 0 atom stereocenters. The average Bonchev–Trinajstić information content (AvgIpc) is 2.78. The number of carbonyl (C=O) groups excluding carboxylic acids is 1. The number of sulfonamides is 1. The van der Waals surface area contributed by atoms with Crippen LogP contribution in [0.4, 0.5) is 0 Å². The second-order valence-corrected chi connectivity index (χ2v) is 10.5. The molecule has 7 nitrogen and oxygen atoms in total. The molecule has 32 heavy (non-hydrogen) atoms. The third-order valence-electron chi connectivity index (χ3n) is 5.45. The Hall–Kier alpha value is -2.42. The first-order valence-electron chi connectivity index (χ1n) is 10.8. The lowest BCUT2D eigenvalue weighted by atomic mass is 9.94. The predicted octanol–water partition coefficient (Wildman–Crippen LogP) is 2.79. The van der Waals surface area contributed by atoms with Crippen LogP contribution in [0, 0.1) is 0 Å². The monoisotopic (exact) mass is 460 g/mol. The van der Waals surface area contributed by atoms with Crippen molar-refractivity contribution in [2.24, 2.45) is 0 Å². The van der Waals surface area contributed by atoms with E-state index in [1.807, 2.05) is 44.2 Å². The van der Waals surface area contributed by atoms with Crippen molar-refractivity contribution in [1.29, 1.82) is 0 Å². The Morgan fingerprint density at radius 1 is 1.12 bits per heavy atom. The Labute approximate surface area is 190 Å². The Bertz CT molecular complexity index is 1020. The molecule has 2 aromatic rings. The molecule has 1 saturated heterocycles. The highest BCUT2D eigenvalue weighted by molar-refractivity contribution is 7.89. The Morgan fingerprint density at radius 3 is 2.47 bits per heavy atom. The lowest BCUT2D eigenvalue weighted by Gasteiger charge is -2.27. The van der Waals surface area contributed by atoms with Gasteiger partial charge in [0.1, 0.15) is 5.75 Å². The number of rotatable bonds is 9. The maximum Gasteiger partial charge on any atom is 0.243 e. The fraction of sp³-hybridized carbons (Fsp3) is 0.458. The third kappa shape index (κ3) is 6.31. The number of amides is 1. The Kier molecular flexibility index (Phi) is 7.92. The van der Waals surface area contributed by atoms with Crippen molar-refractivity contribution in [2.45, 2.75) is 43.5 Å². The highest BCUT2D eigenvalue weighted by Crippen LogP contribution is 2.26. The van der Waals surface area contributed by atoms with Gasteiger partial charge in [-0.2, -0.15) is 4.31 Å². The second-order valence-electron chi connectivity index (χ2n) is 8.58. The first-order valence-corrected chi connectivity index (χ1v) is 12.2. The fourth-order valence-electron chi connectivity index (χ4n) is 3.89. The first-order chi connectivity index (χ1) is 15.2. The summed E-state index contributed by atoms with van der Waals surface area (Å²) in [7, 11) is -2.07. The van der Waals surface area contributed by atoms with Gasteiger partial charge in [0, 0.05) is 25.0 Å². The number of ether oxygens (including phenoxy) is 2. The molecule has 8 heteroatoms. The number of aryl methyl sites for hydroxylation is 1. The Morgan fingerprint density at radius 2 is 1.81 bits per heavy atom. The zero-order chi connectivity index (χ0) is 23.2. The number of benzene rings is 2. The predicted molar refractivity (Wildman–Crippen MR) is 123 cm³/mol. The van der Waals surface area contributed by atoms with E-state index < -0.39 is 15.6 Å². The van der Waals surface area contributed by atoms with Gasteiger partial charge in [0.2, 0.25) is 15.9 Å². The molecule has 0 spiro atoms. The molecule has 1 fully saturated rings. The van der Waals surface area contributed by atoms with Crippen LogP contribution < -0.4 is 10.1 Å². The second kappa shape index (κ2) is 10.5. The minimum absolute atomic E-state index is 0.0885. The molecular formula is C24H32N2O5S. The molecule has 174 valence electrons. The summed E-state index contributed by atoms with van der Waals surface area (Å²) in [6.45, 7) is 5.44. The van der Waals surface area contributed by atoms with Crippen molar-refractivity contribution in [3.05, 3.63) is 59.7 Å². The summed E-state index contributed by atoms with van der Waals surface area (Å²) < 4.78 is 38.1. The van der Waals surface area contributed by atoms with Gasteiger partial charge in [0.15, 0.2) is 0 Å². The SMILES string of the molecule is COc1ccc(S(=O)(=O)N2CCOCC2)cc1CCC(=O)NC(C)(C)Cc1ccccc1. The van der Waals surface area contributed by atoms with Crippen LogP contribution >= 0.6 is 0 Å². The van der Waals surface area contributed by atoms with E-state index in [1.54, 1.807) is 18.2 Å². The number of morpholine rings is 1. The maximum atomic E-state index is 13.0. The fourth-order valence-corrected chi connectivity index (χ4v) is 5.34. The average molecular weight is 461 g/mol. The van der Waals surface area contributed by atoms with E-state index in [0.717, 1.165) is 12.0 Å². The lowest BCUT2D eigenvalue weighted by molar-refractivity contribution is -0.122. The van der Waals surface area contributed by atoms with E-state index in [1.165, 1.54) is 11.4 Å². The zero-order valence-electron chi connectivity index (χ0n) is 19.0. The minimum atomic E-state index is -3.61. The molecule has 1 aliphatic heterocycles. The van der Waals surface area contributed by atoms with Gasteiger partial charge >= 0.3 is 0 Å². The third-order valence-corrected chi connectivity index (χ3v) is 7.34. The Balaban J connectivity index is 1.67. The van der Waals surface area contributed by atoms with Crippen LogP contribution in [0.1, 0.15) is 31.4 Å². The molecule has 0 unspecified atom stereocenters. The van der Waals surface area contributed by atoms with Crippen molar-refractivity contribution in [3.8, 4) is 5.75 Å². The minimum Gasteiger partial charge on any atom is -0.496 e. The standard InChI is InChI=1S/C24H32N2O5S/c1-24(2,18-19-7-5-4-6-8-19)25-23(27)12-9-20-17-21(10-11-22(20)30-3)32(28,29)26-13-15-31-16-14-26/h4-8,10-11,17H,9,12-16,18H2,1-3H3,(H,25,27). The van der Waals surface area contributed by atoms with Crippen molar-refractivity contribution >= 4 is 15.9 Å². The smallest absolute Gasteiger partial charge is 0.243 e. The van der Waals surface area contributed by atoms with Crippen molar-refractivity contribution < 1.29 is 22.7 Å². The lowest BCUT2D eigenvalue weighted by Crippen LogP contribution is -2.45. The van der Waals surface area contributed by atoms with Crippen LogP contribution in [0.5, 0.6) is 5.75 Å². The molecule has 1 N–H and O–H groups in total. The van der Waals surface area contributed by atoms with Crippen molar-refractivity contribution in [2.75, 3.05) is 33.4 Å². The molecule has 0 aliphatic carbocycles. The number of hydrogen-bond acceptors (Lipinski definition) is 5. The molecule has 3 rings (SSSR count). The van der Waals surface area contributed by atoms with Crippen LogP contribution in [0.3, 0.4) is 0 Å². The van der Waals surface area contributed by atoms with E-state index in [2.05, 4.69) is 5.32 Å². The van der Waals surface area contributed by atoms with Gasteiger partial charge in [-0.3, -0.25) is 4.79 Å². The number of methoxy groups -OCH3 is 1. The van der Waals surface area contributed by atoms with Crippen molar-refractivity contribution in [1.82, 2.24) is 9.62 Å². The largest absolute Gasteiger partial charge is 0.496 e. The highest BCUT2D eigenvalue weighted by Gasteiger charge is 2.27. The van der Waals surface area contributed by atoms with Gasteiger partial charge in [-0.05, 0) is 56.0 Å². The van der Waals surface area contributed by atoms with E-state index in [9.17, 15) is 13.2 Å². The molecule has 1 heterocycles. The molecule has 0 aromatic heterocycles. The van der Waals surface area contributed by atoms with Crippen LogP contribution in [0.15, 0.2) is 53.4 Å². The molecular weight excluding hydrogens is 428 g/mol. The molecule has 0 saturated carbocycles. The molecule has 2 aromatic carbocycles. The summed E-state index contributed by atoms with van der Waals surface area (Å²) in [5.41, 5.74) is 1.45. The number of carbonyl (C=O) groups is 1. The highest BCUT2D eigenvalue weighted by atomic mass is 32.2. The number of nitrogens with zero attached hydrogens (tertiary/aromatic N) is 1. The van der Waals surface area contributed by atoms with Gasteiger partial charge in [-0.25, -0.2) is 8.42 Å². The quantitative estimate of drug-likeness (QED) is 0.622. The van der Waals surface area contributed by atoms with Crippen LogP contribution in [0.2, 0.25) is 0 Å². The van der Waals surface area contributed by atoms with Gasteiger partial charge in [-0.15, -0.1) is 0 Å². The molecule has 1 aliphatic rings. The maximum absolute atomic E-state index is 13.0. The summed E-state index contributed by atoms with van der Waals surface area (Å²) in [5.74, 6) is 0.483. The molecule has 0 bridgehead atoms. The molecule has 0 radical (unpaired) electrons. The number of nitrogens with one attached hydrogen (secondary N) is 1. The topological polar surface area (TPSA) is 84.9 Å². The first kappa shape index (κ1) is 24.2. The summed E-state index contributed by atoms with van der Waals surface area (Å²) in [4.78, 5) is 12.9. The van der Waals surface area contributed by atoms with E-state index >= 15 is 0 Å². The van der Waals surface area contributed by atoms with Gasteiger partial charge in [0.25, 0.3) is 0 Å². The van der Waals surface area contributed by atoms with Gasteiger partial charge in [0.05, 0.1) is 25.2 Å². The number of hydrogen-bond donors (Lipinski definition) is 1. The normalized spacial score (nSPS) is 15.3. The van der Waals surface area contributed by atoms with E-state index in [0.29, 0.717) is 44.0 Å². The van der Waals surface area contributed by atoms with Crippen molar-refractivity contribution in [3.63, 3.8) is 0 Å². The summed E-state index contributed by atoms with van der Waals surface area (Å²) in [6, 6.07) is 14.8. The molecule has 1 amide bonds. The zero-order valence-corrected chi connectivity index (χ0v) is 19.8. The van der Waals surface area contributed by atoms with Crippen LogP contribution in [0.25, 0.3) is 0 Å². The summed E-state index contributed by atoms with van der Waals surface area (Å²) in [5, 5.41) is 3.09. The van der Waals surface area contributed by atoms with Crippen LogP contribution in [-0.4, -0.2) is 57.6 Å².